The van der Waals surface area contributed by atoms with E-state index in [1.54, 1.807) is 0 Å². The molecule has 0 bridgehead atoms. The summed E-state index contributed by atoms with van der Waals surface area (Å²) in [6, 6.07) is 85.5. The van der Waals surface area contributed by atoms with Crippen molar-refractivity contribution >= 4 is 71.3 Å². The fourth-order valence-electron chi connectivity index (χ4n) is 9.40. The number of anilines is 3. The minimum atomic E-state index is 0.891. The Hall–Kier alpha value is -8.20. The summed E-state index contributed by atoms with van der Waals surface area (Å²) in [6.45, 7) is 0. The summed E-state index contributed by atoms with van der Waals surface area (Å²) < 4.78 is 6.31. The first-order chi connectivity index (χ1) is 30.7. The summed E-state index contributed by atoms with van der Waals surface area (Å²) in [5, 5.41) is 9.83. The molecule has 0 saturated carbocycles. The third-order valence-electron chi connectivity index (χ3n) is 12.4. The highest BCUT2D eigenvalue weighted by molar-refractivity contribution is 6.13. The van der Waals surface area contributed by atoms with E-state index in [1.165, 1.54) is 60.1 Å². The number of benzene rings is 11. The molecule has 11 aromatic carbocycles. The van der Waals surface area contributed by atoms with E-state index in [0.29, 0.717) is 0 Å². The van der Waals surface area contributed by atoms with Gasteiger partial charge in [-0.15, -0.1) is 0 Å². The van der Waals surface area contributed by atoms with Gasteiger partial charge in [0.2, 0.25) is 0 Å². The van der Waals surface area contributed by atoms with Gasteiger partial charge >= 0.3 is 0 Å². The van der Waals surface area contributed by atoms with E-state index in [4.69, 9.17) is 4.42 Å². The number of fused-ring (bicyclic) bond motifs is 7. The molecular weight excluding hydrogens is 751 g/mol. The van der Waals surface area contributed by atoms with Crippen molar-refractivity contribution in [1.82, 2.24) is 0 Å². The topological polar surface area (TPSA) is 16.4 Å². The van der Waals surface area contributed by atoms with Crippen LogP contribution in [-0.2, 0) is 0 Å². The van der Waals surface area contributed by atoms with Crippen LogP contribution in [0.2, 0.25) is 0 Å². The first kappa shape index (κ1) is 35.7. The van der Waals surface area contributed by atoms with Gasteiger partial charge in [-0.1, -0.05) is 182 Å². The minimum Gasteiger partial charge on any atom is -0.456 e. The lowest BCUT2D eigenvalue weighted by atomic mass is 9.95. The molecule has 0 spiro atoms. The van der Waals surface area contributed by atoms with Crippen LogP contribution >= 0.6 is 0 Å². The SMILES string of the molecule is c1cc(-c2ccc(-c3ccc4ccc5ccccc5c4c3)cc2)cc(N(c2ccc(-c3cccc4ccccc34)cc2)c2cccc(-c3cccc4oc5ccccc5c34)c2)c1. The Labute approximate surface area is 360 Å². The molecule has 12 rings (SSSR count). The number of hydrogen-bond donors (Lipinski definition) is 0. The van der Waals surface area contributed by atoms with Crippen molar-refractivity contribution in [2.75, 3.05) is 4.90 Å². The summed E-state index contributed by atoms with van der Waals surface area (Å²) >= 11 is 0. The van der Waals surface area contributed by atoms with Gasteiger partial charge in [0.05, 0.1) is 0 Å². The molecule has 2 nitrogen and oxygen atoms in total. The molecule has 0 aliphatic rings. The fraction of sp³-hybridized carbons (Fsp3) is 0. The Morgan fingerprint density at radius 1 is 0.258 bits per heavy atom. The molecule has 2 heteroatoms. The maximum Gasteiger partial charge on any atom is 0.136 e. The van der Waals surface area contributed by atoms with Crippen molar-refractivity contribution in [3.05, 3.63) is 237 Å². The number of para-hydroxylation sites is 1. The van der Waals surface area contributed by atoms with Crippen LogP contribution in [-0.4, -0.2) is 0 Å². The van der Waals surface area contributed by atoms with Crippen LogP contribution in [0, 0.1) is 0 Å². The van der Waals surface area contributed by atoms with Gasteiger partial charge in [-0.3, -0.25) is 0 Å². The maximum absolute atomic E-state index is 6.31. The van der Waals surface area contributed by atoms with Gasteiger partial charge in [-0.05, 0) is 131 Å². The van der Waals surface area contributed by atoms with E-state index < -0.39 is 0 Å². The molecule has 0 atom stereocenters. The Kier molecular flexibility index (Phi) is 8.53. The van der Waals surface area contributed by atoms with Gasteiger partial charge in [0.1, 0.15) is 11.2 Å². The second-order valence-electron chi connectivity index (χ2n) is 16.1. The number of hydrogen-bond acceptors (Lipinski definition) is 2. The van der Waals surface area contributed by atoms with Crippen LogP contribution in [0.4, 0.5) is 17.1 Å². The molecule has 0 aliphatic carbocycles. The zero-order valence-electron chi connectivity index (χ0n) is 33.9. The lowest BCUT2D eigenvalue weighted by Crippen LogP contribution is -2.10. The summed E-state index contributed by atoms with van der Waals surface area (Å²) in [5.41, 5.74) is 14.4. The normalized spacial score (nSPS) is 11.5. The van der Waals surface area contributed by atoms with Crippen LogP contribution in [0.5, 0.6) is 0 Å². The van der Waals surface area contributed by atoms with Gasteiger partial charge < -0.3 is 9.32 Å². The van der Waals surface area contributed by atoms with Crippen molar-refractivity contribution in [3.63, 3.8) is 0 Å². The average molecular weight is 790 g/mol. The number of furan rings is 1. The third-order valence-corrected chi connectivity index (χ3v) is 12.4. The molecule has 1 heterocycles. The third kappa shape index (κ3) is 6.20. The molecular formula is C60H39NO. The second-order valence-corrected chi connectivity index (χ2v) is 16.1. The van der Waals surface area contributed by atoms with Crippen LogP contribution in [0.1, 0.15) is 0 Å². The predicted octanol–water partition coefficient (Wildman–Crippen LogP) is 17.2. The Morgan fingerprint density at radius 2 is 0.758 bits per heavy atom. The van der Waals surface area contributed by atoms with Gasteiger partial charge in [-0.25, -0.2) is 0 Å². The van der Waals surface area contributed by atoms with Gasteiger partial charge in [-0.2, -0.15) is 0 Å². The molecule has 0 N–H and O–H groups in total. The summed E-state index contributed by atoms with van der Waals surface area (Å²) in [4.78, 5) is 2.38. The highest BCUT2D eigenvalue weighted by Gasteiger charge is 2.18. The fourth-order valence-corrected chi connectivity index (χ4v) is 9.40. The highest BCUT2D eigenvalue weighted by atomic mass is 16.3. The first-order valence-electron chi connectivity index (χ1n) is 21.2. The quantitative estimate of drug-likeness (QED) is 0.150. The van der Waals surface area contributed by atoms with E-state index in [9.17, 15) is 0 Å². The van der Waals surface area contributed by atoms with Gasteiger partial charge in [0, 0.05) is 27.8 Å². The lowest BCUT2D eigenvalue weighted by molar-refractivity contribution is 0.669. The Balaban J connectivity index is 0.951. The monoisotopic (exact) mass is 789 g/mol. The molecule has 1 aromatic heterocycles. The van der Waals surface area contributed by atoms with Gasteiger partial charge in [0.25, 0.3) is 0 Å². The maximum atomic E-state index is 6.31. The summed E-state index contributed by atoms with van der Waals surface area (Å²) in [6.07, 6.45) is 0. The van der Waals surface area contributed by atoms with Crippen molar-refractivity contribution in [2.24, 2.45) is 0 Å². The smallest absolute Gasteiger partial charge is 0.136 e. The van der Waals surface area contributed by atoms with E-state index >= 15 is 0 Å². The molecule has 12 aromatic rings. The number of rotatable bonds is 7. The molecule has 0 amide bonds. The molecule has 0 aliphatic heterocycles. The van der Waals surface area contributed by atoms with Crippen LogP contribution < -0.4 is 4.90 Å². The van der Waals surface area contributed by atoms with Gasteiger partial charge in [0.15, 0.2) is 0 Å². The Bertz CT molecular complexity index is 3630. The molecule has 290 valence electrons. The molecule has 0 unspecified atom stereocenters. The highest BCUT2D eigenvalue weighted by Crippen LogP contribution is 2.42. The Morgan fingerprint density at radius 3 is 1.53 bits per heavy atom. The standard InChI is InChI=1S/C60H39NO/c1-3-18-52-42(11-1)13-9-21-53(52)44-33-35-49(36-34-44)61(51-17-8-15-48(38-51)55-22-10-24-59-60(55)56-20-5-6-23-58(56)62-59)50-16-7-14-46(37-50)40-25-27-41(28-26-40)47-32-31-45-30-29-43-12-2-4-19-54(43)57(45)39-47/h1-39H. The van der Waals surface area contributed by atoms with E-state index in [-0.39, 0.29) is 0 Å². The molecule has 0 radical (unpaired) electrons. The molecule has 62 heavy (non-hydrogen) atoms. The van der Waals surface area contributed by atoms with Crippen LogP contribution in [0.3, 0.4) is 0 Å². The first-order valence-corrected chi connectivity index (χ1v) is 21.2. The zero-order valence-corrected chi connectivity index (χ0v) is 33.9. The molecule has 0 saturated heterocycles. The van der Waals surface area contributed by atoms with E-state index in [0.717, 1.165) is 55.7 Å². The predicted molar refractivity (Wildman–Crippen MR) is 263 cm³/mol. The van der Waals surface area contributed by atoms with Crippen LogP contribution in [0.25, 0.3) is 98.8 Å². The largest absolute Gasteiger partial charge is 0.456 e. The second kappa shape index (κ2) is 14.8. The molecule has 0 fully saturated rings. The zero-order chi connectivity index (χ0) is 41.0. The van der Waals surface area contributed by atoms with Crippen molar-refractivity contribution in [1.29, 1.82) is 0 Å². The van der Waals surface area contributed by atoms with Crippen molar-refractivity contribution in [2.45, 2.75) is 0 Å². The van der Waals surface area contributed by atoms with Crippen molar-refractivity contribution < 1.29 is 4.42 Å². The van der Waals surface area contributed by atoms with Crippen LogP contribution in [0.15, 0.2) is 241 Å². The lowest BCUT2D eigenvalue weighted by Gasteiger charge is -2.27. The summed E-state index contributed by atoms with van der Waals surface area (Å²) in [5.74, 6) is 0. The van der Waals surface area contributed by atoms with E-state index in [2.05, 4.69) is 229 Å². The average Bonchev–Trinajstić information content (AvgIpc) is 3.73. The summed E-state index contributed by atoms with van der Waals surface area (Å²) in [7, 11) is 0. The van der Waals surface area contributed by atoms with Crippen molar-refractivity contribution in [3.8, 4) is 44.5 Å². The van der Waals surface area contributed by atoms with E-state index in [1.807, 2.05) is 12.1 Å². The minimum absolute atomic E-state index is 0.891. The number of nitrogens with zero attached hydrogens (tertiary/aromatic N) is 1.